The summed E-state index contributed by atoms with van der Waals surface area (Å²) in [4.78, 5) is 21.3. The van der Waals surface area contributed by atoms with Crippen molar-refractivity contribution in [3.8, 4) is 5.75 Å². The molecule has 1 unspecified atom stereocenters. The largest absolute Gasteiger partial charge is 0.492 e. The Labute approximate surface area is 184 Å². The molecule has 3 aromatic rings. The monoisotopic (exact) mass is 423 g/mol. The summed E-state index contributed by atoms with van der Waals surface area (Å²) in [5, 5.41) is 11.5. The van der Waals surface area contributed by atoms with Crippen molar-refractivity contribution in [1.82, 2.24) is 14.9 Å². The highest BCUT2D eigenvalue weighted by molar-refractivity contribution is 5.84. The summed E-state index contributed by atoms with van der Waals surface area (Å²) in [6, 6.07) is 13.2. The van der Waals surface area contributed by atoms with E-state index in [1.807, 2.05) is 24.4 Å². The van der Waals surface area contributed by atoms with Gasteiger partial charge in [0.15, 0.2) is 0 Å². The molecule has 6 heteroatoms. The van der Waals surface area contributed by atoms with E-state index in [4.69, 9.17) is 4.74 Å². The quantitative estimate of drug-likeness (QED) is 0.500. The first kappa shape index (κ1) is 22.8. The number of likely N-dealkylation sites (N-methyl/N-ethyl adjacent to an activating group) is 1. The van der Waals surface area contributed by atoms with Crippen LogP contribution in [0.25, 0.3) is 10.8 Å². The molecular formula is C25H33N3O3. The van der Waals surface area contributed by atoms with E-state index in [0.717, 1.165) is 29.4 Å². The fraction of sp³-hybridized carbons (Fsp3) is 0.440. The van der Waals surface area contributed by atoms with Gasteiger partial charge in [-0.3, -0.25) is 4.79 Å². The highest BCUT2D eigenvalue weighted by Gasteiger charge is 2.28. The lowest BCUT2D eigenvalue weighted by Crippen LogP contribution is -2.40. The minimum Gasteiger partial charge on any atom is -0.492 e. The minimum atomic E-state index is -0.926. The van der Waals surface area contributed by atoms with E-state index in [2.05, 4.69) is 54.0 Å². The Balaban J connectivity index is 1.75. The van der Waals surface area contributed by atoms with Gasteiger partial charge in [0.2, 0.25) is 0 Å². The molecule has 166 valence electrons. The van der Waals surface area contributed by atoms with Gasteiger partial charge in [0.05, 0.1) is 5.41 Å². The number of rotatable bonds is 10. The second-order valence-corrected chi connectivity index (χ2v) is 9.18. The van der Waals surface area contributed by atoms with E-state index in [9.17, 15) is 9.90 Å². The van der Waals surface area contributed by atoms with Crippen LogP contribution in [0.1, 0.15) is 39.1 Å². The zero-order valence-electron chi connectivity index (χ0n) is 19.1. The van der Waals surface area contributed by atoms with Crippen molar-refractivity contribution in [2.45, 2.75) is 52.6 Å². The number of benzene rings is 2. The topological polar surface area (TPSA) is 78.4 Å². The lowest BCUT2D eigenvalue weighted by atomic mass is 9.95. The number of H-pyrrole nitrogens is 1. The fourth-order valence-corrected chi connectivity index (χ4v) is 3.50. The van der Waals surface area contributed by atoms with Gasteiger partial charge in [0.1, 0.15) is 18.2 Å². The van der Waals surface area contributed by atoms with Gasteiger partial charge in [0.25, 0.3) is 0 Å². The Morgan fingerprint density at radius 3 is 2.52 bits per heavy atom. The molecule has 0 fully saturated rings. The molecule has 0 saturated carbocycles. The number of hydrogen-bond acceptors (Lipinski definition) is 4. The molecule has 0 saturated heterocycles. The van der Waals surface area contributed by atoms with E-state index in [1.54, 1.807) is 20.0 Å². The summed E-state index contributed by atoms with van der Waals surface area (Å²) >= 11 is 0. The number of carboxylic acid groups (broad SMARTS) is 1. The highest BCUT2D eigenvalue weighted by Crippen LogP contribution is 2.25. The molecule has 0 amide bonds. The SMILES string of the molecule is CC(C)N(C)C(Cc1ccc2cc(OCC(C)(C)C(=O)O)ccc2c1)Cc1ncc[nH]1. The summed E-state index contributed by atoms with van der Waals surface area (Å²) in [5.41, 5.74) is 0.349. The van der Waals surface area contributed by atoms with Crippen molar-refractivity contribution in [1.29, 1.82) is 0 Å². The number of nitrogens with zero attached hydrogens (tertiary/aromatic N) is 2. The van der Waals surface area contributed by atoms with Crippen LogP contribution in [0, 0.1) is 5.41 Å². The number of hydrogen-bond donors (Lipinski definition) is 2. The second-order valence-electron chi connectivity index (χ2n) is 9.18. The number of carboxylic acids is 1. The lowest BCUT2D eigenvalue weighted by molar-refractivity contribution is -0.148. The van der Waals surface area contributed by atoms with Gasteiger partial charge in [-0.05, 0) is 69.6 Å². The number of ether oxygens (including phenoxy) is 1. The van der Waals surface area contributed by atoms with Crippen molar-refractivity contribution >= 4 is 16.7 Å². The van der Waals surface area contributed by atoms with Gasteiger partial charge >= 0.3 is 5.97 Å². The average Bonchev–Trinajstić information content (AvgIpc) is 3.24. The Hall–Kier alpha value is -2.86. The molecule has 2 aromatic carbocycles. The predicted octanol–water partition coefficient (Wildman–Crippen LogP) is 4.55. The zero-order valence-corrected chi connectivity index (χ0v) is 19.1. The summed E-state index contributed by atoms with van der Waals surface area (Å²) in [6.45, 7) is 7.87. The van der Waals surface area contributed by atoms with E-state index < -0.39 is 11.4 Å². The molecule has 31 heavy (non-hydrogen) atoms. The molecule has 0 radical (unpaired) electrons. The summed E-state index contributed by atoms with van der Waals surface area (Å²) in [7, 11) is 2.17. The van der Waals surface area contributed by atoms with E-state index in [-0.39, 0.29) is 6.61 Å². The Bertz CT molecular complexity index is 1010. The van der Waals surface area contributed by atoms with Crippen LogP contribution in [0.4, 0.5) is 0 Å². The molecule has 0 bridgehead atoms. The second kappa shape index (κ2) is 9.52. The molecule has 0 spiro atoms. The molecule has 0 aliphatic rings. The molecule has 6 nitrogen and oxygen atoms in total. The van der Waals surface area contributed by atoms with Crippen molar-refractivity contribution < 1.29 is 14.6 Å². The minimum absolute atomic E-state index is 0.127. The average molecular weight is 424 g/mol. The van der Waals surface area contributed by atoms with Crippen molar-refractivity contribution in [2.24, 2.45) is 5.41 Å². The molecule has 3 rings (SSSR count). The van der Waals surface area contributed by atoms with Gasteiger partial charge in [0, 0.05) is 30.9 Å². The van der Waals surface area contributed by atoms with Gasteiger partial charge < -0.3 is 19.7 Å². The van der Waals surface area contributed by atoms with Gasteiger partial charge in [-0.15, -0.1) is 0 Å². The van der Waals surface area contributed by atoms with Crippen LogP contribution >= 0.6 is 0 Å². The molecule has 0 aliphatic heterocycles. The van der Waals surface area contributed by atoms with Gasteiger partial charge in [-0.1, -0.05) is 24.3 Å². The first-order chi connectivity index (χ1) is 14.7. The molecule has 0 aliphatic carbocycles. The Kier molecular flexibility index (Phi) is 7.01. The Morgan fingerprint density at radius 1 is 1.16 bits per heavy atom. The third kappa shape index (κ3) is 5.85. The van der Waals surface area contributed by atoms with Crippen LogP contribution in [0.15, 0.2) is 48.8 Å². The highest BCUT2D eigenvalue weighted by atomic mass is 16.5. The lowest BCUT2D eigenvalue weighted by Gasteiger charge is -2.31. The smallest absolute Gasteiger partial charge is 0.312 e. The van der Waals surface area contributed by atoms with E-state index >= 15 is 0 Å². The number of aliphatic carboxylic acids is 1. The molecule has 1 aromatic heterocycles. The van der Waals surface area contributed by atoms with Crippen LogP contribution in [-0.4, -0.2) is 51.7 Å². The number of aromatic nitrogens is 2. The first-order valence-corrected chi connectivity index (χ1v) is 10.7. The molecular weight excluding hydrogens is 390 g/mol. The summed E-state index contributed by atoms with van der Waals surface area (Å²) < 4.78 is 5.75. The van der Waals surface area contributed by atoms with Gasteiger partial charge in [-0.2, -0.15) is 0 Å². The number of imidazole rings is 1. The molecule has 2 N–H and O–H groups in total. The molecule has 1 heterocycles. The normalized spacial score (nSPS) is 13.1. The third-order valence-corrected chi connectivity index (χ3v) is 5.90. The van der Waals surface area contributed by atoms with Crippen molar-refractivity contribution in [3.05, 3.63) is 60.2 Å². The zero-order chi connectivity index (χ0) is 22.6. The number of aromatic amines is 1. The summed E-state index contributed by atoms with van der Waals surface area (Å²) in [6.07, 6.45) is 5.46. The number of nitrogens with one attached hydrogen (secondary N) is 1. The first-order valence-electron chi connectivity index (χ1n) is 10.7. The van der Waals surface area contributed by atoms with Crippen molar-refractivity contribution in [3.63, 3.8) is 0 Å². The maximum Gasteiger partial charge on any atom is 0.312 e. The number of fused-ring (bicyclic) bond motifs is 1. The van der Waals surface area contributed by atoms with E-state index in [0.29, 0.717) is 17.8 Å². The Morgan fingerprint density at radius 2 is 1.87 bits per heavy atom. The van der Waals surface area contributed by atoms with Crippen LogP contribution in [0.5, 0.6) is 5.75 Å². The fourth-order valence-electron chi connectivity index (χ4n) is 3.50. The predicted molar refractivity (Wildman–Crippen MR) is 124 cm³/mol. The van der Waals surface area contributed by atoms with Crippen LogP contribution in [-0.2, 0) is 17.6 Å². The van der Waals surface area contributed by atoms with Crippen molar-refractivity contribution in [2.75, 3.05) is 13.7 Å². The number of carbonyl (C=O) groups is 1. The van der Waals surface area contributed by atoms with Crippen LogP contribution in [0.3, 0.4) is 0 Å². The third-order valence-electron chi connectivity index (χ3n) is 5.90. The standard InChI is InChI=1S/C25H33N3O3/c1-17(2)28(5)21(15-23-26-10-11-27-23)13-18-6-7-20-14-22(9-8-19(20)12-18)31-16-25(3,4)24(29)30/h6-12,14,17,21H,13,15-16H2,1-5H3,(H,26,27)(H,29,30). The van der Waals surface area contributed by atoms with E-state index in [1.165, 1.54) is 5.56 Å². The van der Waals surface area contributed by atoms with Gasteiger partial charge in [-0.25, -0.2) is 4.98 Å². The maximum absolute atomic E-state index is 11.3. The maximum atomic E-state index is 11.3. The summed E-state index contributed by atoms with van der Waals surface area (Å²) in [5.74, 6) is 0.822. The van der Waals surface area contributed by atoms with Crippen LogP contribution < -0.4 is 4.74 Å². The van der Waals surface area contributed by atoms with Crippen LogP contribution in [0.2, 0.25) is 0 Å². The molecule has 1 atom stereocenters.